The molecule has 104 valence electrons. The first kappa shape index (κ1) is 13.9. The van der Waals surface area contributed by atoms with Crippen LogP contribution in [-0.2, 0) is 11.2 Å². The maximum atomic E-state index is 11.9. The molecule has 19 heavy (non-hydrogen) atoms. The number of amides is 1. The summed E-state index contributed by atoms with van der Waals surface area (Å²) in [4.78, 5) is 13.8. The van der Waals surface area contributed by atoms with Crippen LogP contribution >= 0.6 is 0 Å². The zero-order chi connectivity index (χ0) is 13.7. The largest absolute Gasteiger partial charge is 0.496 e. The number of methoxy groups -OCH3 is 1. The van der Waals surface area contributed by atoms with Gasteiger partial charge in [0, 0.05) is 13.1 Å². The molecular formula is C15H22N2O2. The molecule has 1 aliphatic heterocycles. The Balaban J connectivity index is 2.01. The van der Waals surface area contributed by atoms with Crippen LogP contribution in [0.5, 0.6) is 5.75 Å². The van der Waals surface area contributed by atoms with Crippen molar-refractivity contribution in [3.05, 3.63) is 29.3 Å². The quantitative estimate of drug-likeness (QED) is 0.891. The summed E-state index contributed by atoms with van der Waals surface area (Å²) < 4.78 is 5.38. The summed E-state index contributed by atoms with van der Waals surface area (Å²) in [5.41, 5.74) is 2.40. The van der Waals surface area contributed by atoms with E-state index in [9.17, 15) is 4.79 Å². The maximum absolute atomic E-state index is 11.9. The average molecular weight is 262 g/mol. The Labute approximate surface area is 114 Å². The highest BCUT2D eigenvalue weighted by Crippen LogP contribution is 2.20. The number of carbonyl (C=O) groups is 1. The minimum atomic E-state index is 0.198. The van der Waals surface area contributed by atoms with Crippen LogP contribution in [0, 0.1) is 6.92 Å². The van der Waals surface area contributed by atoms with Crippen molar-refractivity contribution < 1.29 is 9.53 Å². The van der Waals surface area contributed by atoms with Gasteiger partial charge >= 0.3 is 0 Å². The van der Waals surface area contributed by atoms with E-state index < -0.39 is 0 Å². The fourth-order valence-electron chi connectivity index (χ4n) is 2.42. The lowest BCUT2D eigenvalue weighted by molar-refractivity contribution is -0.129. The number of aryl methyl sites for hydroxylation is 1. The number of benzene rings is 1. The molecule has 1 heterocycles. The van der Waals surface area contributed by atoms with Crippen LogP contribution < -0.4 is 10.1 Å². The standard InChI is InChI=1S/C15H22N2O2/c1-12-4-5-14(19-2)13(10-12)6-9-17-8-3-7-16-11-15(17)18/h4-5,10,16H,3,6-9,11H2,1-2H3. The number of rotatable bonds is 4. The van der Waals surface area contributed by atoms with Crippen molar-refractivity contribution in [2.45, 2.75) is 19.8 Å². The highest BCUT2D eigenvalue weighted by molar-refractivity contribution is 5.78. The minimum absolute atomic E-state index is 0.198. The monoisotopic (exact) mass is 262 g/mol. The fraction of sp³-hybridized carbons (Fsp3) is 0.533. The average Bonchev–Trinajstić information content (AvgIpc) is 2.61. The highest BCUT2D eigenvalue weighted by Gasteiger charge is 2.16. The van der Waals surface area contributed by atoms with Gasteiger partial charge in [0.2, 0.25) is 5.91 Å². The summed E-state index contributed by atoms with van der Waals surface area (Å²) >= 11 is 0. The van der Waals surface area contributed by atoms with Gasteiger partial charge in [0.25, 0.3) is 0 Å². The van der Waals surface area contributed by atoms with E-state index in [2.05, 4.69) is 18.3 Å². The number of hydrogen-bond donors (Lipinski definition) is 1. The molecule has 1 fully saturated rings. The lowest BCUT2D eigenvalue weighted by Crippen LogP contribution is -2.36. The zero-order valence-corrected chi connectivity index (χ0v) is 11.7. The molecule has 1 saturated heterocycles. The Bertz CT molecular complexity index is 446. The van der Waals surface area contributed by atoms with E-state index >= 15 is 0 Å². The van der Waals surface area contributed by atoms with Crippen molar-refractivity contribution in [3.8, 4) is 5.75 Å². The molecule has 4 nitrogen and oxygen atoms in total. The Morgan fingerprint density at radius 1 is 1.42 bits per heavy atom. The van der Waals surface area contributed by atoms with Crippen molar-refractivity contribution >= 4 is 5.91 Å². The predicted molar refractivity (Wildman–Crippen MR) is 75.5 cm³/mol. The molecule has 0 saturated carbocycles. The Hall–Kier alpha value is -1.55. The molecule has 0 bridgehead atoms. The van der Waals surface area contributed by atoms with Gasteiger partial charge in [0.15, 0.2) is 0 Å². The Morgan fingerprint density at radius 3 is 3.05 bits per heavy atom. The van der Waals surface area contributed by atoms with Crippen LogP contribution in [0.1, 0.15) is 17.5 Å². The predicted octanol–water partition coefficient (Wildman–Crippen LogP) is 1.37. The van der Waals surface area contributed by atoms with Crippen LogP contribution in [0.3, 0.4) is 0 Å². The lowest BCUT2D eigenvalue weighted by Gasteiger charge is -2.20. The first-order valence-electron chi connectivity index (χ1n) is 6.82. The number of nitrogens with zero attached hydrogens (tertiary/aromatic N) is 1. The third-order valence-corrected chi connectivity index (χ3v) is 3.50. The summed E-state index contributed by atoms with van der Waals surface area (Å²) in [6.07, 6.45) is 1.87. The number of ether oxygens (including phenoxy) is 1. The van der Waals surface area contributed by atoms with Gasteiger partial charge in [-0.1, -0.05) is 17.7 Å². The van der Waals surface area contributed by atoms with Gasteiger partial charge in [-0.3, -0.25) is 4.79 Å². The second-order valence-electron chi connectivity index (χ2n) is 4.98. The van der Waals surface area contributed by atoms with Gasteiger partial charge in [-0.2, -0.15) is 0 Å². The van der Waals surface area contributed by atoms with E-state index in [0.717, 1.165) is 38.2 Å². The van der Waals surface area contributed by atoms with Crippen molar-refractivity contribution in [2.75, 3.05) is 33.3 Å². The van der Waals surface area contributed by atoms with E-state index in [0.29, 0.717) is 6.54 Å². The first-order chi connectivity index (χ1) is 9.20. The highest BCUT2D eigenvalue weighted by atomic mass is 16.5. The summed E-state index contributed by atoms with van der Waals surface area (Å²) in [5, 5.41) is 3.14. The minimum Gasteiger partial charge on any atom is -0.496 e. The van der Waals surface area contributed by atoms with Crippen LogP contribution in [0.25, 0.3) is 0 Å². The van der Waals surface area contributed by atoms with Crippen molar-refractivity contribution in [1.82, 2.24) is 10.2 Å². The van der Waals surface area contributed by atoms with E-state index in [1.165, 1.54) is 11.1 Å². The topological polar surface area (TPSA) is 41.6 Å². The van der Waals surface area contributed by atoms with Crippen LogP contribution in [0.15, 0.2) is 18.2 Å². The third kappa shape index (κ3) is 3.70. The molecular weight excluding hydrogens is 240 g/mol. The third-order valence-electron chi connectivity index (χ3n) is 3.50. The van der Waals surface area contributed by atoms with Crippen molar-refractivity contribution in [1.29, 1.82) is 0 Å². The van der Waals surface area contributed by atoms with Gasteiger partial charge in [-0.05, 0) is 37.9 Å². The number of nitrogens with one attached hydrogen (secondary N) is 1. The van der Waals surface area contributed by atoms with Crippen molar-refractivity contribution in [2.24, 2.45) is 0 Å². The fourth-order valence-corrected chi connectivity index (χ4v) is 2.42. The SMILES string of the molecule is COc1ccc(C)cc1CCN1CCCNCC1=O. The Morgan fingerprint density at radius 2 is 2.26 bits per heavy atom. The van der Waals surface area contributed by atoms with E-state index in [1.807, 2.05) is 17.0 Å². The van der Waals surface area contributed by atoms with Crippen LogP contribution in [0.4, 0.5) is 0 Å². The molecule has 1 aromatic carbocycles. The number of hydrogen-bond acceptors (Lipinski definition) is 3. The molecule has 1 N–H and O–H groups in total. The van der Waals surface area contributed by atoms with Crippen LogP contribution in [-0.4, -0.2) is 44.1 Å². The molecule has 0 atom stereocenters. The van der Waals surface area contributed by atoms with E-state index in [-0.39, 0.29) is 5.91 Å². The molecule has 4 heteroatoms. The van der Waals surface area contributed by atoms with Crippen LogP contribution in [0.2, 0.25) is 0 Å². The van der Waals surface area contributed by atoms with Gasteiger partial charge in [0.1, 0.15) is 5.75 Å². The molecule has 0 aromatic heterocycles. The molecule has 0 unspecified atom stereocenters. The van der Waals surface area contributed by atoms with Gasteiger partial charge in [-0.15, -0.1) is 0 Å². The molecule has 1 aliphatic rings. The van der Waals surface area contributed by atoms with E-state index in [1.54, 1.807) is 7.11 Å². The smallest absolute Gasteiger partial charge is 0.236 e. The van der Waals surface area contributed by atoms with Gasteiger partial charge in [-0.25, -0.2) is 0 Å². The first-order valence-corrected chi connectivity index (χ1v) is 6.82. The van der Waals surface area contributed by atoms with Gasteiger partial charge in [0.05, 0.1) is 13.7 Å². The molecule has 0 radical (unpaired) electrons. The summed E-state index contributed by atoms with van der Waals surface area (Å²) in [6, 6.07) is 6.18. The second kappa shape index (κ2) is 6.57. The second-order valence-corrected chi connectivity index (χ2v) is 4.98. The summed E-state index contributed by atoms with van der Waals surface area (Å²) in [6.45, 7) is 5.07. The molecule has 2 rings (SSSR count). The molecule has 1 aromatic rings. The molecule has 0 spiro atoms. The van der Waals surface area contributed by atoms with E-state index in [4.69, 9.17) is 4.74 Å². The summed E-state index contributed by atoms with van der Waals surface area (Å²) in [7, 11) is 1.69. The zero-order valence-electron chi connectivity index (χ0n) is 11.7. The maximum Gasteiger partial charge on any atom is 0.236 e. The summed E-state index contributed by atoms with van der Waals surface area (Å²) in [5.74, 6) is 1.11. The Kier molecular flexibility index (Phi) is 4.80. The molecule has 0 aliphatic carbocycles. The van der Waals surface area contributed by atoms with Crippen molar-refractivity contribution in [3.63, 3.8) is 0 Å². The van der Waals surface area contributed by atoms with Gasteiger partial charge < -0.3 is 15.0 Å². The normalized spacial score (nSPS) is 16.3. The molecule has 1 amide bonds. The lowest BCUT2D eigenvalue weighted by atomic mass is 10.1. The number of carbonyl (C=O) groups excluding carboxylic acids is 1.